The Kier molecular flexibility index (Phi) is 4.86. The number of amides is 1. The van der Waals surface area contributed by atoms with Crippen LogP contribution < -0.4 is 5.32 Å². The predicted molar refractivity (Wildman–Crippen MR) is 93.9 cm³/mol. The van der Waals surface area contributed by atoms with Gasteiger partial charge in [-0.05, 0) is 37.1 Å². The van der Waals surface area contributed by atoms with Crippen molar-refractivity contribution >= 4 is 23.0 Å². The molecule has 0 spiro atoms. The number of benzene rings is 1. The first-order chi connectivity index (χ1) is 11.6. The van der Waals surface area contributed by atoms with Crippen molar-refractivity contribution in [3.63, 3.8) is 0 Å². The van der Waals surface area contributed by atoms with Gasteiger partial charge in [0, 0.05) is 18.1 Å². The summed E-state index contributed by atoms with van der Waals surface area (Å²) >= 11 is 1.29. The largest absolute Gasteiger partial charge is 0.352 e. The second kappa shape index (κ2) is 7.23. The zero-order valence-electron chi connectivity index (χ0n) is 13.2. The van der Waals surface area contributed by atoms with Crippen molar-refractivity contribution < 1.29 is 9.59 Å². The first-order valence-electron chi connectivity index (χ1n) is 7.60. The third-order valence-corrected chi connectivity index (χ3v) is 4.60. The van der Waals surface area contributed by atoms with Crippen molar-refractivity contribution in [1.82, 2.24) is 15.1 Å². The van der Waals surface area contributed by atoms with Crippen LogP contribution in [0, 0.1) is 0 Å². The molecule has 0 atom stereocenters. The summed E-state index contributed by atoms with van der Waals surface area (Å²) in [7, 11) is 0. The molecule has 5 nitrogen and oxygen atoms in total. The third kappa shape index (κ3) is 3.78. The van der Waals surface area contributed by atoms with Crippen LogP contribution in [0.2, 0.25) is 0 Å². The third-order valence-electron chi connectivity index (χ3n) is 3.56. The topological polar surface area (TPSA) is 64.0 Å². The highest BCUT2D eigenvalue weighted by Gasteiger charge is 2.10. The molecule has 0 unspecified atom stereocenters. The lowest BCUT2D eigenvalue weighted by Gasteiger charge is -2.02. The molecule has 0 radical (unpaired) electrons. The monoisotopic (exact) mass is 339 g/mol. The number of hydrogen-bond acceptors (Lipinski definition) is 4. The molecular formula is C18H17N3O2S. The average Bonchev–Trinajstić information content (AvgIpc) is 3.25. The Morgan fingerprint density at radius 2 is 2.04 bits per heavy atom. The molecule has 2 aromatic heterocycles. The summed E-state index contributed by atoms with van der Waals surface area (Å²) in [6, 6.07) is 11.5. The van der Waals surface area contributed by atoms with Crippen LogP contribution in [0.5, 0.6) is 0 Å². The lowest BCUT2D eigenvalue weighted by molar-refractivity contribution is 0.0954. The fraction of sp³-hybridized carbons (Fsp3) is 0.167. The van der Waals surface area contributed by atoms with Gasteiger partial charge in [0.05, 0.1) is 22.3 Å². The van der Waals surface area contributed by atoms with Crippen molar-refractivity contribution in [3.8, 4) is 5.69 Å². The summed E-state index contributed by atoms with van der Waals surface area (Å²) in [6.45, 7) is 2.02. The Balaban J connectivity index is 1.54. The zero-order valence-corrected chi connectivity index (χ0v) is 14.0. The van der Waals surface area contributed by atoms with Crippen LogP contribution in [-0.4, -0.2) is 28.0 Å². The number of Topliss-reactive ketones (excluding diaryl/α,β-unsaturated/α-hetero) is 1. The van der Waals surface area contributed by atoms with Crippen LogP contribution in [0.3, 0.4) is 0 Å². The Hall–Kier alpha value is -2.73. The van der Waals surface area contributed by atoms with Gasteiger partial charge in [0.15, 0.2) is 5.78 Å². The Bertz CT molecular complexity index is 852. The highest BCUT2D eigenvalue weighted by molar-refractivity contribution is 7.12. The van der Waals surface area contributed by atoms with Gasteiger partial charge in [-0.3, -0.25) is 9.59 Å². The van der Waals surface area contributed by atoms with E-state index in [0.29, 0.717) is 23.4 Å². The van der Waals surface area contributed by atoms with E-state index in [1.54, 1.807) is 17.6 Å². The number of nitrogens with one attached hydrogen (secondary N) is 1. The zero-order chi connectivity index (χ0) is 16.9. The van der Waals surface area contributed by atoms with Crippen LogP contribution >= 0.6 is 11.3 Å². The number of carbonyl (C=O) groups excluding carboxylic acids is 2. The first-order valence-corrected chi connectivity index (χ1v) is 8.48. The van der Waals surface area contributed by atoms with Gasteiger partial charge in [0.25, 0.3) is 5.91 Å². The van der Waals surface area contributed by atoms with Gasteiger partial charge in [-0.1, -0.05) is 18.2 Å². The molecule has 0 aliphatic carbocycles. The maximum absolute atomic E-state index is 12.1. The summed E-state index contributed by atoms with van der Waals surface area (Å²) < 4.78 is 1.81. The maximum Gasteiger partial charge on any atom is 0.252 e. The molecule has 6 heteroatoms. The van der Waals surface area contributed by atoms with E-state index in [0.717, 1.165) is 11.3 Å². The van der Waals surface area contributed by atoms with Crippen LogP contribution in [0.4, 0.5) is 0 Å². The average molecular weight is 339 g/mol. The van der Waals surface area contributed by atoms with Gasteiger partial charge in [-0.2, -0.15) is 5.10 Å². The van der Waals surface area contributed by atoms with E-state index in [9.17, 15) is 9.59 Å². The van der Waals surface area contributed by atoms with Crippen LogP contribution in [0.15, 0.2) is 54.2 Å². The molecule has 2 heterocycles. The quantitative estimate of drug-likeness (QED) is 0.702. The molecule has 0 bridgehead atoms. The molecule has 1 amide bonds. The smallest absolute Gasteiger partial charge is 0.252 e. The van der Waals surface area contributed by atoms with Gasteiger partial charge >= 0.3 is 0 Å². The fourth-order valence-corrected chi connectivity index (χ4v) is 3.06. The number of para-hydroxylation sites is 1. The van der Waals surface area contributed by atoms with E-state index >= 15 is 0 Å². The number of thiophene rings is 1. The molecule has 1 aromatic carbocycles. The minimum Gasteiger partial charge on any atom is -0.352 e. The summed E-state index contributed by atoms with van der Waals surface area (Å²) in [5, 5.41) is 8.91. The summed E-state index contributed by atoms with van der Waals surface area (Å²) in [4.78, 5) is 23.9. The maximum atomic E-state index is 12.1. The molecule has 3 rings (SSSR count). The van der Waals surface area contributed by atoms with Crippen LogP contribution in [0.1, 0.15) is 32.5 Å². The van der Waals surface area contributed by atoms with Gasteiger partial charge in [-0.15, -0.1) is 11.3 Å². The second-order valence-electron chi connectivity index (χ2n) is 5.39. The van der Waals surface area contributed by atoms with Crippen molar-refractivity contribution in [2.75, 3.05) is 6.54 Å². The molecule has 3 aromatic rings. The van der Waals surface area contributed by atoms with Crippen molar-refractivity contribution in [1.29, 1.82) is 0 Å². The standard InChI is InChI=1S/C18H17N3O2S/c1-13(22)17-9-15(12-24-17)18(23)19-8-7-14-10-20-21(11-14)16-5-3-2-4-6-16/h2-6,9-12H,7-8H2,1H3,(H,19,23). The predicted octanol–water partition coefficient (Wildman–Crippen LogP) is 3.11. The number of carbonyl (C=O) groups is 2. The van der Waals surface area contributed by atoms with Gasteiger partial charge in [0.2, 0.25) is 0 Å². The van der Waals surface area contributed by atoms with Crippen molar-refractivity contribution in [2.45, 2.75) is 13.3 Å². The summed E-state index contributed by atoms with van der Waals surface area (Å²) in [6.07, 6.45) is 4.46. The minimum atomic E-state index is -0.158. The SMILES string of the molecule is CC(=O)c1cc(C(=O)NCCc2cnn(-c3ccccc3)c2)cs1. The van der Waals surface area contributed by atoms with E-state index in [-0.39, 0.29) is 11.7 Å². The molecule has 0 fully saturated rings. The Morgan fingerprint density at radius 1 is 1.25 bits per heavy atom. The molecular weight excluding hydrogens is 322 g/mol. The van der Waals surface area contributed by atoms with Gasteiger partial charge in [-0.25, -0.2) is 4.68 Å². The minimum absolute atomic E-state index is 0.0209. The lowest BCUT2D eigenvalue weighted by atomic mass is 10.2. The lowest BCUT2D eigenvalue weighted by Crippen LogP contribution is -2.25. The van der Waals surface area contributed by atoms with E-state index in [1.807, 2.05) is 41.2 Å². The summed E-state index contributed by atoms with van der Waals surface area (Å²) in [5.41, 5.74) is 2.59. The molecule has 24 heavy (non-hydrogen) atoms. The second-order valence-corrected chi connectivity index (χ2v) is 6.30. The van der Waals surface area contributed by atoms with E-state index in [2.05, 4.69) is 10.4 Å². The van der Waals surface area contributed by atoms with E-state index in [1.165, 1.54) is 18.3 Å². The van der Waals surface area contributed by atoms with E-state index in [4.69, 9.17) is 0 Å². The molecule has 122 valence electrons. The molecule has 0 aliphatic heterocycles. The molecule has 1 N–H and O–H groups in total. The highest BCUT2D eigenvalue weighted by atomic mass is 32.1. The van der Waals surface area contributed by atoms with Gasteiger partial charge in [0.1, 0.15) is 0 Å². The Morgan fingerprint density at radius 3 is 2.75 bits per heavy atom. The molecule has 0 saturated heterocycles. The Labute approximate surface area is 143 Å². The number of hydrogen-bond donors (Lipinski definition) is 1. The van der Waals surface area contributed by atoms with Crippen molar-refractivity contribution in [2.24, 2.45) is 0 Å². The van der Waals surface area contributed by atoms with Crippen LogP contribution in [0.25, 0.3) is 5.69 Å². The molecule has 0 aliphatic rings. The number of nitrogens with zero attached hydrogens (tertiary/aromatic N) is 2. The molecule has 0 saturated carbocycles. The number of ketones is 1. The van der Waals surface area contributed by atoms with E-state index < -0.39 is 0 Å². The number of rotatable bonds is 6. The normalized spacial score (nSPS) is 10.5. The van der Waals surface area contributed by atoms with Gasteiger partial charge < -0.3 is 5.32 Å². The first kappa shape index (κ1) is 16.1. The highest BCUT2D eigenvalue weighted by Crippen LogP contribution is 2.15. The van der Waals surface area contributed by atoms with Crippen LogP contribution in [-0.2, 0) is 6.42 Å². The van der Waals surface area contributed by atoms with Crippen molar-refractivity contribution in [3.05, 3.63) is 70.2 Å². The number of aromatic nitrogens is 2. The summed E-state index contributed by atoms with van der Waals surface area (Å²) in [5.74, 6) is -0.179. The fourth-order valence-electron chi connectivity index (χ4n) is 2.27.